The van der Waals surface area contributed by atoms with E-state index in [0.29, 0.717) is 44.6 Å². The molecule has 0 bridgehead atoms. The van der Waals surface area contributed by atoms with Crippen LogP contribution in [0.25, 0.3) is 17.1 Å². The molecule has 0 radical (unpaired) electrons. The van der Waals surface area contributed by atoms with Crippen molar-refractivity contribution in [3.05, 3.63) is 66.7 Å². The van der Waals surface area contributed by atoms with Crippen LogP contribution in [-0.2, 0) is 4.74 Å². The largest absolute Gasteiger partial charge is 0.460 e. The van der Waals surface area contributed by atoms with Crippen LogP contribution in [0.1, 0.15) is 25.3 Å². The molecule has 1 aromatic heterocycles. The number of allylic oxidation sites excluding steroid dienone is 1. The lowest BCUT2D eigenvalue weighted by molar-refractivity contribution is 0.106. The Balaban J connectivity index is 1.77. The molecular formula is C25H32N4O3. The number of aromatic nitrogens is 3. The summed E-state index contributed by atoms with van der Waals surface area (Å²) in [5, 5.41) is 17.8. The molecule has 0 aliphatic rings. The van der Waals surface area contributed by atoms with E-state index in [2.05, 4.69) is 41.0 Å². The van der Waals surface area contributed by atoms with Crippen molar-refractivity contribution in [3.63, 3.8) is 0 Å². The molecule has 0 amide bonds. The highest BCUT2D eigenvalue weighted by Crippen LogP contribution is 2.25. The van der Waals surface area contributed by atoms with Crippen LogP contribution in [0, 0.1) is 6.92 Å². The lowest BCUT2D eigenvalue weighted by atomic mass is 10.1. The third-order valence-electron chi connectivity index (χ3n) is 4.92. The Morgan fingerprint density at radius 2 is 1.88 bits per heavy atom. The van der Waals surface area contributed by atoms with Gasteiger partial charge in [-0.1, -0.05) is 35.9 Å². The molecule has 3 rings (SSSR count). The summed E-state index contributed by atoms with van der Waals surface area (Å²) in [6.45, 7) is 9.70. The molecule has 0 aliphatic carbocycles. The highest BCUT2D eigenvalue weighted by Gasteiger charge is 2.15. The second kappa shape index (κ2) is 12.0. The zero-order chi connectivity index (χ0) is 22.8. The molecule has 0 unspecified atom stereocenters. The molecule has 0 saturated carbocycles. The zero-order valence-electron chi connectivity index (χ0n) is 18.8. The first kappa shape index (κ1) is 23.5. The summed E-state index contributed by atoms with van der Waals surface area (Å²) in [7, 11) is 0. The number of hydrogen-bond acceptors (Lipinski definition) is 6. The first-order valence-electron chi connectivity index (χ1n) is 11.0. The number of benzene rings is 2. The van der Waals surface area contributed by atoms with Gasteiger partial charge in [-0.25, -0.2) is 4.68 Å². The summed E-state index contributed by atoms with van der Waals surface area (Å²) >= 11 is 0. The Bertz CT molecular complexity index is 968. The Morgan fingerprint density at radius 3 is 2.56 bits per heavy atom. The summed E-state index contributed by atoms with van der Waals surface area (Å²) in [6, 6.07) is 16.3. The Hall–Kier alpha value is -3.16. The SMILES string of the molecule is C=CCC[C@@H](O)CNc1ccc(-n2nc(OCCOCC)nc2-c2ccc(C)cc2)cc1. The minimum absolute atomic E-state index is 0.313. The van der Waals surface area contributed by atoms with Crippen LogP contribution in [0.4, 0.5) is 5.69 Å². The van der Waals surface area contributed by atoms with Gasteiger partial charge in [0.15, 0.2) is 5.82 Å². The first-order chi connectivity index (χ1) is 15.6. The van der Waals surface area contributed by atoms with Gasteiger partial charge >= 0.3 is 6.01 Å². The fourth-order valence-corrected chi connectivity index (χ4v) is 3.13. The van der Waals surface area contributed by atoms with E-state index in [1.54, 1.807) is 4.68 Å². The molecule has 0 fully saturated rings. The van der Waals surface area contributed by atoms with Crippen LogP contribution in [-0.4, -0.2) is 52.3 Å². The smallest absolute Gasteiger partial charge is 0.336 e. The number of hydrogen-bond donors (Lipinski definition) is 2. The topological polar surface area (TPSA) is 81.4 Å². The molecule has 170 valence electrons. The van der Waals surface area contributed by atoms with Gasteiger partial charge in [-0.15, -0.1) is 11.7 Å². The monoisotopic (exact) mass is 436 g/mol. The third kappa shape index (κ3) is 6.67. The maximum Gasteiger partial charge on any atom is 0.336 e. The number of aryl methyl sites for hydroxylation is 1. The fraction of sp³-hybridized carbons (Fsp3) is 0.360. The van der Waals surface area contributed by atoms with E-state index in [1.165, 1.54) is 5.56 Å². The number of nitrogens with one attached hydrogen (secondary N) is 1. The van der Waals surface area contributed by atoms with Gasteiger partial charge in [-0.05, 0) is 51.0 Å². The molecule has 0 spiro atoms. The van der Waals surface area contributed by atoms with E-state index in [0.717, 1.165) is 23.4 Å². The standard InChI is InChI=1S/C25H32N4O3/c1-4-6-7-23(30)18-26-21-12-14-22(15-13-21)29-24(20-10-8-19(3)9-11-20)27-25(28-29)32-17-16-31-5-2/h4,8-15,23,26,30H,1,5-7,16-18H2,2-3H3/t23-/m1/s1. The average molecular weight is 437 g/mol. The highest BCUT2D eigenvalue weighted by molar-refractivity contribution is 5.60. The van der Waals surface area contributed by atoms with Crippen LogP contribution in [0.2, 0.25) is 0 Å². The van der Waals surface area contributed by atoms with Crippen molar-refractivity contribution in [2.24, 2.45) is 0 Å². The van der Waals surface area contributed by atoms with Gasteiger partial charge < -0.3 is 19.9 Å². The molecule has 32 heavy (non-hydrogen) atoms. The van der Waals surface area contributed by atoms with Gasteiger partial charge in [0, 0.05) is 24.4 Å². The van der Waals surface area contributed by atoms with E-state index < -0.39 is 6.10 Å². The summed E-state index contributed by atoms with van der Waals surface area (Å²) in [4.78, 5) is 4.61. The molecule has 2 N–H and O–H groups in total. The van der Waals surface area contributed by atoms with E-state index in [1.807, 2.05) is 49.4 Å². The average Bonchev–Trinajstić information content (AvgIpc) is 3.24. The van der Waals surface area contributed by atoms with Crippen LogP contribution in [0.15, 0.2) is 61.2 Å². The maximum atomic E-state index is 10.0. The fourth-order valence-electron chi connectivity index (χ4n) is 3.13. The van der Waals surface area contributed by atoms with Crippen molar-refractivity contribution in [3.8, 4) is 23.1 Å². The van der Waals surface area contributed by atoms with Crippen molar-refractivity contribution in [2.75, 3.05) is 31.7 Å². The maximum absolute atomic E-state index is 10.0. The number of aliphatic hydroxyl groups excluding tert-OH is 1. The van der Waals surface area contributed by atoms with Crippen LogP contribution < -0.4 is 10.1 Å². The van der Waals surface area contributed by atoms with Gasteiger partial charge in [-0.2, -0.15) is 4.98 Å². The Kier molecular flexibility index (Phi) is 8.83. The van der Waals surface area contributed by atoms with Gasteiger partial charge in [0.1, 0.15) is 6.61 Å². The predicted octanol–water partition coefficient (Wildman–Crippen LogP) is 4.40. The molecule has 0 saturated heterocycles. The molecule has 2 aromatic carbocycles. The molecule has 7 nitrogen and oxygen atoms in total. The predicted molar refractivity (Wildman–Crippen MR) is 127 cm³/mol. The lowest BCUT2D eigenvalue weighted by Gasteiger charge is -2.12. The number of anilines is 1. The van der Waals surface area contributed by atoms with E-state index in [4.69, 9.17) is 9.47 Å². The molecular weight excluding hydrogens is 404 g/mol. The second-order valence-corrected chi connectivity index (χ2v) is 7.49. The lowest BCUT2D eigenvalue weighted by Crippen LogP contribution is -2.19. The Morgan fingerprint density at radius 1 is 1.12 bits per heavy atom. The molecule has 0 aliphatic heterocycles. The normalized spacial score (nSPS) is 11.8. The van der Waals surface area contributed by atoms with Gasteiger partial charge in [-0.3, -0.25) is 0 Å². The molecule has 7 heteroatoms. The minimum Gasteiger partial charge on any atom is -0.460 e. The van der Waals surface area contributed by atoms with Crippen LogP contribution in [0.5, 0.6) is 6.01 Å². The quantitative estimate of drug-likeness (QED) is 0.305. The van der Waals surface area contributed by atoms with E-state index in [9.17, 15) is 5.11 Å². The second-order valence-electron chi connectivity index (χ2n) is 7.49. The molecule has 1 atom stereocenters. The van der Waals surface area contributed by atoms with Crippen LogP contribution in [0.3, 0.4) is 0 Å². The summed E-state index contributed by atoms with van der Waals surface area (Å²) < 4.78 is 12.8. The zero-order valence-corrected chi connectivity index (χ0v) is 18.8. The molecule has 3 aromatic rings. The summed E-state index contributed by atoms with van der Waals surface area (Å²) in [6.07, 6.45) is 2.90. The van der Waals surface area contributed by atoms with Crippen molar-refractivity contribution in [1.29, 1.82) is 0 Å². The first-order valence-corrected chi connectivity index (χ1v) is 11.0. The molecule has 1 heterocycles. The van der Waals surface area contributed by atoms with Crippen molar-refractivity contribution in [2.45, 2.75) is 32.8 Å². The van der Waals surface area contributed by atoms with Crippen LogP contribution >= 0.6 is 0 Å². The summed E-state index contributed by atoms with van der Waals surface area (Å²) in [5.41, 5.74) is 3.93. The Labute approximate surface area is 189 Å². The third-order valence-corrected chi connectivity index (χ3v) is 4.92. The van der Waals surface area contributed by atoms with Gasteiger partial charge in [0.05, 0.1) is 18.4 Å². The van der Waals surface area contributed by atoms with Gasteiger partial charge in [0.25, 0.3) is 0 Å². The van der Waals surface area contributed by atoms with Gasteiger partial charge in [0.2, 0.25) is 0 Å². The van der Waals surface area contributed by atoms with E-state index in [-0.39, 0.29) is 0 Å². The van der Waals surface area contributed by atoms with Crippen molar-refractivity contribution in [1.82, 2.24) is 14.8 Å². The number of aliphatic hydroxyl groups is 1. The number of nitrogens with zero attached hydrogens (tertiary/aromatic N) is 3. The summed E-state index contributed by atoms with van der Waals surface area (Å²) in [5.74, 6) is 0.706. The minimum atomic E-state index is -0.410. The highest BCUT2D eigenvalue weighted by atomic mass is 16.5. The number of rotatable bonds is 13. The van der Waals surface area contributed by atoms with E-state index >= 15 is 0 Å². The van der Waals surface area contributed by atoms with Crippen molar-refractivity contribution < 1.29 is 14.6 Å². The van der Waals surface area contributed by atoms with Crippen molar-refractivity contribution >= 4 is 5.69 Å². The number of ether oxygens (including phenoxy) is 2.